The van der Waals surface area contributed by atoms with Crippen LogP contribution in [0.1, 0.15) is 12.5 Å². The summed E-state index contributed by atoms with van der Waals surface area (Å²) in [5.41, 5.74) is 2.01. The second kappa shape index (κ2) is 9.77. The fraction of sp³-hybridized carbons (Fsp3) is 0.467. The molecular formula is C15H24N4O2. The molecule has 0 unspecified atom stereocenters. The lowest BCUT2D eigenvalue weighted by molar-refractivity contribution is -0.114. The number of aliphatic imine (C=N–C) groups is 1. The Morgan fingerprint density at radius 3 is 2.43 bits per heavy atom. The monoisotopic (exact) mass is 292 g/mol. The summed E-state index contributed by atoms with van der Waals surface area (Å²) in [6, 6.07) is 7.83. The van der Waals surface area contributed by atoms with E-state index in [4.69, 9.17) is 4.74 Å². The molecule has 1 aromatic carbocycles. The number of amides is 1. The van der Waals surface area contributed by atoms with Crippen LogP contribution < -0.4 is 16.0 Å². The topological polar surface area (TPSA) is 74.8 Å². The van der Waals surface area contributed by atoms with Crippen molar-refractivity contribution in [3.8, 4) is 0 Å². The molecule has 0 atom stereocenters. The zero-order chi connectivity index (χ0) is 15.5. The lowest BCUT2D eigenvalue weighted by Crippen LogP contribution is -2.39. The maximum absolute atomic E-state index is 10.9. The van der Waals surface area contributed by atoms with Gasteiger partial charge < -0.3 is 20.7 Å². The van der Waals surface area contributed by atoms with E-state index in [1.54, 1.807) is 14.2 Å². The molecule has 0 spiro atoms. The molecule has 0 aromatic heterocycles. The summed E-state index contributed by atoms with van der Waals surface area (Å²) < 4.78 is 4.97. The largest absolute Gasteiger partial charge is 0.383 e. The normalized spacial score (nSPS) is 11.1. The molecule has 0 fully saturated rings. The number of rotatable bonds is 7. The number of nitrogens with zero attached hydrogens (tertiary/aromatic N) is 1. The average molecular weight is 292 g/mol. The summed E-state index contributed by atoms with van der Waals surface area (Å²) in [6.45, 7) is 3.65. The molecule has 0 aliphatic carbocycles. The van der Waals surface area contributed by atoms with Gasteiger partial charge in [-0.05, 0) is 24.1 Å². The SMILES string of the molecule is CN=C(NCCOC)NCCc1ccc(NC(C)=O)cc1. The molecule has 0 aliphatic rings. The number of benzene rings is 1. The Balaban J connectivity index is 2.32. The third-order valence-corrected chi connectivity index (χ3v) is 2.80. The van der Waals surface area contributed by atoms with Gasteiger partial charge in [-0.2, -0.15) is 0 Å². The first-order valence-electron chi connectivity index (χ1n) is 6.95. The molecular weight excluding hydrogens is 268 g/mol. The van der Waals surface area contributed by atoms with Gasteiger partial charge in [-0.1, -0.05) is 12.1 Å². The molecule has 0 saturated heterocycles. The van der Waals surface area contributed by atoms with Crippen molar-refractivity contribution >= 4 is 17.6 Å². The number of nitrogens with one attached hydrogen (secondary N) is 3. The highest BCUT2D eigenvalue weighted by molar-refractivity contribution is 5.88. The van der Waals surface area contributed by atoms with Gasteiger partial charge in [0.1, 0.15) is 0 Å². The van der Waals surface area contributed by atoms with Gasteiger partial charge in [0, 0.05) is 39.9 Å². The van der Waals surface area contributed by atoms with Crippen molar-refractivity contribution < 1.29 is 9.53 Å². The van der Waals surface area contributed by atoms with Gasteiger partial charge in [0.05, 0.1) is 6.61 Å². The zero-order valence-electron chi connectivity index (χ0n) is 12.9. The minimum Gasteiger partial charge on any atom is -0.383 e. The van der Waals surface area contributed by atoms with E-state index in [9.17, 15) is 4.79 Å². The van der Waals surface area contributed by atoms with Gasteiger partial charge in [0.25, 0.3) is 0 Å². The Morgan fingerprint density at radius 1 is 1.19 bits per heavy atom. The molecule has 116 valence electrons. The molecule has 6 heteroatoms. The van der Waals surface area contributed by atoms with Crippen LogP contribution in [0.4, 0.5) is 5.69 Å². The summed E-state index contributed by atoms with van der Waals surface area (Å²) >= 11 is 0. The maximum atomic E-state index is 10.9. The standard InChI is InChI=1S/C15H24N4O2/c1-12(20)19-14-6-4-13(5-7-14)8-9-17-15(16-2)18-10-11-21-3/h4-7H,8-11H2,1-3H3,(H,19,20)(H2,16,17,18). The van der Waals surface area contributed by atoms with E-state index in [0.717, 1.165) is 31.2 Å². The van der Waals surface area contributed by atoms with E-state index in [1.165, 1.54) is 12.5 Å². The van der Waals surface area contributed by atoms with Crippen molar-refractivity contribution in [1.82, 2.24) is 10.6 Å². The first-order valence-corrected chi connectivity index (χ1v) is 6.95. The Hall–Kier alpha value is -2.08. The van der Waals surface area contributed by atoms with Crippen LogP contribution in [-0.4, -0.2) is 45.7 Å². The first kappa shape index (κ1) is 17.0. The number of guanidine groups is 1. The third kappa shape index (κ3) is 7.31. The zero-order valence-corrected chi connectivity index (χ0v) is 12.9. The predicted octanol–water partition coefficient (Wildman–Crippen LogP) is 0.999. The number of methoxy groups -OCH3 is 1. The third-order valence-electron chi connectivity index (χ3n) is 2.80. The van der Waals surface area contributed by atoms with Crippen LogP contribution in [0.2, 0.25) is 0 Å². The molecule has 21 heavy (non-hydrogen) atoms. The van der Waals surface area contributed by atoms with Crippen LogP contribution in [0.25, 0.3) is 0 Å². The van der Waals surface area contributed by atoms with Crippen LogP contribution in [0.15, 0.2) is 29.3 Å². The van der Waals surface area contributed by atoms with Crippen LogP contribution >= 0.6 is 0 Å². The average Bonchev–Trinajstić information content (AvgIpc) is 2.47. The van der Waals surface area contributed by atoms with E-state index < -0.39 is 0 Å². The molecule has 1 rings (SSSR count). The number of carbonyl (C=O) groups is 1. The fourth-order valence-corrected chi connectivity index (χ4v) is 1.78. The van der Waals surface area contributed by atoms with Crippen LogP contribution in [-0.2, 0) is 16.0 Å². The Bertz CT molecular complexity index is 457. The van der Waals surface area contributed by atoms with Crippen molar-refractivity contribution in [2.24, 2.45) is 4.99 Å². The van der Waals surface area contributed by atoms with Crippen molar-refractivity contribution in [1.29, 1.82) is 0 Å². The second-order valence-electron chi connectivity index (χ2n) is 4.55. The lowest BCUT2D eigenvalue weighted by Gasteiger charge is -2.11. The minimum absolute atomic E-state index is 0.0599. The number of carbonyl (C=O) groups excluding carboxylic acids is 1. The summed E-state index contributed by atoms with van der Waals surface area (Å²) in [5, 5.41) is 9.14. The van der Waals surface area contributed by atoms with Crippen molar-refractivity contribution in [3.05, 3.63) is 29.8 Å². The summed E-state index contributed by atoms with van der Waals surface area (Å²) in [4.78, 5) is 15.1. The van der Waals surface area contributed by atoms with Gasteiger partial charge in [0.15, 0.2) is 5.96 Å². The minimum atomic E-state index is -0.0599. The van der Waals surface area contributed by atoms with E-state index >= 15 is 0 Å². The predicted molar refractivity (Wildman–Crippen MR) is 85.7 cm³/mol. The summed E-state index contributed by atoms with van der Waals surface area (Å²) in [5.74, 6) is 0.706. The van der Waals surface area contributed by atoms with E-state index in [0.29, 0.717) is 6.61 Å². The Morgan fingerprint density at radius 2 is 1.86 bits per heavy atom. The molecule has 1 aromatic rings. The highest BCUT2D eigenvalue weighted by Crippen LogP contribution is 2.09. The first-order chi connectivity index (χ1) is 10.2. The molecule has 0 saturated carbocycles. The molecule has 6 nitrogen and oxygen atoms in total. The van der Waals surface area contributed by atoms with Gasteiger partial charge in [0.2, 0.25) is 5.91 Å². The van der Waals surface area contributed by atoms with E-state index in [1.807, 2.05) is 24.3 Å². The molecule has 0 heterocycles. The fourth-order valence-electron chi connectivity index (χ4n) is 1.78. The molecule has 0 aliphatic heterocycles. The number of ether oxygens (including phenoxy) is 1. The van der Waals surface area contributed by atoms with Crippen molar-refractivity contribution in [2.45, 2.75) is 13.3 Å². The lowest BCUT2D eigenvalue weighted by atomic mass is 10.1. The second-order valence-corrected chi connectivity index (χ2v) is 4.55. The number of hydrogen-bond donors (Lipinski definition) is 3. The molecule has 0 bridgehead atoms. The van der Waals surface area contributed by atoms with Gasteiger partial charge in [-0.3, -0.25) is 9.79 Å². The Kier molecular flexibility index (Phi) is 7.89. The van der Waals surface area contributed by atoms with Gasteiger partial charge in [-0.25, -0.2) is 0 Å². The maximum Gasteiger partial charge on any atom is 0.221 e. The summed E-state index contributed by atoms with van der Waals surface area (Å²) in [6.07, 6.45) is 0.880. The smallest absolute Gasteiger partial charge is 0.221 e. The molecule has 0 radical (unpaired) electrons. The van der Waals surface area contributed by atoms with Gasteiger partial charge >= 0.3 is 0 Å². The van der Waals surface area contributed by atoms with Crippen molar-refractivity contribution in [2.75, 3.05) is 39.2 Å². The number of hydrogen-bond acceptors (Lipinski definition) is 3. The van der Waals surface area contributed by atoms with Gasteiger partial charge in [-0.15, -0.1) is 0 Å². The molecule has 3 N–H and O–H groups in total. The summed E-state index contributed by atoms with van der Waals surface area (Å²) in [7, 11) is 3.41. The number of anilines is 1. The van der Waals surface area contributed by atoms with Crippen LogP contribution in [0, 0.1) is 0 Å². The quantitative estimate of drug-likeness (QED) is 0.398. The van der Waals surface area contributed by atoms with E-state index in [2.05, 4.69) is 20.9 Å². The Labute approximate surface area is 126 Å². The van der Waals surface area contributed by atoms with Crippen molar-refractivity contribution in [3.63, 3.8) is 0 Å². The van der Waals surface area contributed by atoms with Crippen LogP contribution in [0.3, 0.4) is 0 Å². The highest BCUT2D eigenvalue weighted by atomic mass is 16.5. The molecule has 1 amide bonds. The highest BCUT2D eigenvalue weighted by Gasteiger charge is 1.99. The van der Waals surface area contributed by atoms with Crippen LogP contribution in [0.5, 0.6) is 0 Å². The van der Waals surface area contributed by atoms with E-state index in [-0.39, 0.29) is 5.91 Å².